The van der Waals surface area contributed by atoms with Crippen LogP contribution in [-0.2, 0) is 23.7 Å². The number of carbonyl (C=O) groups is 3. The Hall–Kier alpha value is -5.04. The van der Waals surface area contributed by atoms with E-state index in [0.29, 0.717) is 43.1 Å². The third-order valence-corrected chi connectivity index (χ3v) is 10.4. The molecule has 1 saturated heterocycles. The zero-order valence-corrected chi connectivity index (χ0v) is 28.4. The number of aromatic nitrogens is 2. The molecular weight excluding hydrogens is 656 g/mol. The quantitative estimate of drug-likeness (QED) is 0.367. The van der Waals surface area contributed by atoms with Crippen LogP contribution in [-0.4, -0.2) is 71.0 Å². The molecule has 14 heteroatoms. The Morgan fingerprint density at radius 1 is 1.00 bits per heavy atom. The van der Waals surface area contributed by atoms with E-state index in [4.69, 9.17) is 30.5 Å². The van der Waals surface area contributed by atoms with Gasteiger partial charge in [0.25, 0.3) is 5.56 Å². The fourth-order valence-corrected chi connectivity index (χ4v) is 7.76. The third-order valence-electron chi connectivity index (χ3n) is 10.1. The zero-order chi connectivity index (χ0) is 34.9. The van der Waals surface area contributed by atoms with Crippen LogP contribution >= 0.6 is 11.6 Å². The minimum Gasteiger partial charge on any atom is -0.496 e. The molecule has 1 amide bonds. The number of carbonyl (C=O) groups excluding carboxylic acids is 3. The summed E-state index contributed by atoms with van der Waals surface area (Å²) < 4.78 is 25.5. The molecule has 3 aliphatic heterocycles. The van der Waals surface area contributed by atoms with E-state index in [0.717, 1.165) is 11.0 Å². The number of benzene rings is 2. The largest absolute Gasteiger partial charge is 0.496 e. The third kappa shape index (κ3) is 4.69. The molecule has 0 radical (unpaired) electrons. The summed E-state index contributed by atoms with van der Waals surface area (Å²) in [6, 6.07) is 8.43. The summed E-state index contributed by atoms with van der Waals surface area (Å²) in [6.07, 6.45) is 1.56. The van der Waals surface area contributed by atoms with Gasteiger partial charge in [0, 0.05) is 56.2 Å². The predicted octanol–water partition coefficient (Wildman–Crippen LogP) is 3.19. The van der Waals surface area contributed by atoms with Crippen LogP contribution in [0.4, 0.5) is 5.82 Å². The van der Waals surface area contributed by atoms with Crippen molar-refractivity contribution in [2.75, 3.05) is 39.2 Å². The number of amides is 1. The monoisotopic (exact) mass is 690 g/mol. The zero-order valence-electron chi connectivity index (χ0n) is 27.7. The number of fused-ring (bicyclic) bond motifs is 2. The molecule has 49 heavy (non-hydrogen) atoms. The molecule has 3 aromatic rings. The summed E-state index contributed by atoms with van der Waals surface area (Å²) in [7, 11) is 5.74. The van der Waals surface area contributed by atoms with E-state index >= 15 is 4.79 Å². The van der Waals surface area contributed by atoms with Gasteiger partial charge in [0.2, 0.25) is 23.1 Å². The van der Waals surface area contributed by atoms with Gasteiger partial charge in [0.1, 0.15) is 40.3 Å². The summed E-state index contributed by atoms with van der Waals surface area (Å²) in [4.78, 5) is 70.2. The maximum absolute atomic E-state index is 15.0. The maximum Gasteiger partial charge on any atom is 0.332 e. The van der Waals surface area contributed by atoms with Gasteiger partial charge in [0.15, 0.2) is 5.75 Å². The van der Waals surface area contributed by atoms with Crippen LogP contribution in [0.1, 0.15) is 53.6 Å². The topological polar surface area (TPSA) is 147 Å². The molecule has 1 N–H and O–H groups in total. The fraction of sp³-hybridized carbons (Fsp3) is 0.400. The second kappa shape index (κ2) is 11.8. The SMILES string of the molecule is COc1cc(OC)c2c(c1Cl)O[C@@]1(C(=O)C3=C(C[C@H]1C)Nc1c(c(=O)n(C)c(=O)n1C)[C@H]3c1ccc(OCCN3CCCC3=O)cc1)C2=O. The first kappa shape index (κ1) is 32.5. The summed E-state index contributed by atoms with van der Waals surface area (Å²) >= 11 is 6.64. The lowest BCUT2D eigenvalue weighted by molar-refractivity contribution is -0.130. The number of ketones is 2. The van der Waals surface area contributed by atoms with Crippen molar-refractivity contribution in [2.45, 2.75) is 37.7 Å². The van der Waals surface area contributed by atoms with Gasteiger partial charge in [-0.3, -0.25) is 28.3 Å². The maximum atomic E-state index is 15.0. The van der Waals surface area contributed by atoms with Crippen LogP contribution in [0.15, 0.2) is 51.2 Å². The molecule has 1 aromatic heterocycles. The van der Waals surface area contributed by atoms with Crippen LogP contribution in [0.2, 0.25) is 5.02 Å². The molecule has 0 saturated carbocycles. The minimum atomic E-state index is -2.01. The molecule has 256 valence electrons. The lowest BCUT2D eigenvalue weighted by Gasteiger charge is -2.42. The summed E-state index contributed by atoms with van der Waals surface area (Å²) in [5, 5.41) is 3.24. The number of Topliss-reactive ketones (excluding diaryl/α,β-unsaturated/α-hetero) is 2. The second-order valence-electron chi connectivity index (χ2n) is 12.7. The molecule has 4 aliphatic rings. The van der Waals surface area contributed by atoms with Crippen LogP contribution in [0.5, 0.6) is 23.0 Å². The van der Waals surface area contributed by atoms with Crippen molar-refractivity contribution in [1.29, 1.82) is 0 Å². The Labute approximate surface area is 286 Å². The van der Waals surface area contributed by atoms with Gasteiger partial charge in [-0.05, 0) is 30.5 Å². The van der Waals surface area contributed by atoms with Crippen molar-refractivity contribution >= 4 is 34.9 Å². The molecule has 4 heterocycles. The van der Waals surface area contributed by atoms with Crippen molar-refractivity contribution in [2.24, 2.45) is 20.0 Å². The number of likely N-dealkylation sites (tertiary alicyclic amines) is 1. The molecular formula is C35H35ClN4O9. The molecule has 1 spiro atoms. The van der Waals surface area contributed by atoms with Gasteiger partial charge in [-0.1, -0.05) is 30.7 Å². The first-order valence-corrected chi connectivity index (χ1v) is 16.4. The van der Waals surface area contributed by atoms with E-state index in [1.54, 1.807) is 43.1 Å². The highest BCUT2D eigenvalue weighted by atomic mass is 35.5. The average molecular weight is 691 g/mol. The van der Waals surface area contributed by atoms with Crippen molar-refractivity contribution in [1.82, 2.24) is 14.0 Å². The number of nitrogens with zero attached hydrogens (tertiary/aromatic N) is 3. The number of methoxy groups -OCH3 is 2. The molecule has 0 unspecified atom stereocenters. The highest BCUT2D eigenvalue weighted by molar-refractivity contribution is 6.36. The van der Waals surface area contributed by atoms with Gasteiger partial charge in [-0.25, -0.2) is 4.79 Å². The van der Waals surface area contributed by atoms with E-state index < -0.39 is 40.3 Å². The molecule has 1 fully saturated rings. The van der Waals surface area contributed by atoms with E-state index in [9.17, 15) is 19.2 Å². The summed E-state index contributed by atoms with van der Waals surface area (Å²) in [6.45, 7) is 3.21. The van der Waals surface area contributed by atoms with Crippen molar-refractivity contribution in [3.63, 3.8) is 0 Å². The lowest BCUT2D eigenvalue weighted by Crippen LogP contribution is -2.58. The van der Waals surface area contributed by atoms with E-state index in [-0.39, 0.29) is 57.1 Å². The number of halogens is 1. The molecule has 3 atom stereocenters. The standard InChI is InChI=1S/C35H35ClN4O9/c1-17-15-20-25(30(42)35(17)31(43)26-21(46-4)16-22(47-5)28(36)29(26)49-35)24(27-32(37-20)38(2)34(45)39(3)33(27)44)18-8-10-19(11-9-18)48-14-13-40-12-6-7-23(40)41/h8-11,16-17,24,37H,6-7,12-15H2,1-5H3/t17-,24+,35+/m1/s1. The van der Waals surface area contributed by atoms with Crippen LogP contribution in [0, 0.1) is 5.92 Å². The van der Waals surface area contributed by atoms with E-state index in [1.165, 1.54) is 31.9 Å². The van der Waals surface area contributed by atoms with Gasteiger partial charge in [-0.15, -0.1) is 0 Å². The number of ether oxygens (including phenoxy) is 4. The number of hydrogen-bond acceptors (Lipinski definition) is 10. The van der Waals surface area contributed by atoms with Crippen molar-refractivity contribution < 1.29 is 33.3 Å². The second-order valence-corrected chi connectivity index (χ2v) is 13.1. The Kier molecular flexibility index (Phi) is 7.85. The van der Waals surface area contributed by atoms with Gasteiger partial charge < -0.3 is 29.2 Å². The first-order valence-electron chi connectivity index (χ1n) is 16.0. The lowest BCUT2D eigenvalue weighted by atomic mass is 9.66. The Bertz CT molecular complexity index is 2100. The highest BCUT2D eigenvalue weighted by Crippen LogP contribution is 2.56. The fourth-order valence-electron chi connectivity index (χ4n) is 7.49. The summed E-state index contributed by atoms with van der Waals surface area (Å²) in [5.41, 5.74) is -1.72. The number of hydrogen-bond donors (Lipinski definition) is 1. The molecule has 13 nitrogen and oxygen atoms in total. The van der Waals surface area contributed by atoms with Gasteiger partial charge in [-0.2, -0.15) is 0 Å². The molecule has 2 aromatic carbocycles. The predicted molar refractivity (Wildman–Crippen MR) is 178 cm³/mol. The number of nitrogens with one attached hydrogen (secondary N) is 1. The average Bonchev–Trinajstić information content (AvgIpc) is 3.66. The Morgan fingerprint density at radius 3 is 2.37 bits per heavy atom. The highest BCUT2D eigenvalue weighted by Gasteiger charge is 2.63. The number of allylic oxidation sites excluding steroid dienone is 1. The molecule has 1 aliphatic carbocycles. The summed E-state index contributed by atoms with van der Waals surface area (Å²) in [5.74, 6) is -1.65. The van der Waals surface area contributed by atoms with E-state index in [2.05, 4.69) is 5.32 Å². The van der Waals surface area contributed by atoms with Crippen LogP contribution < -0.4 is 35.5 Å². The normalized spacial score (nSPS) is 22.5. The number of rotatable bonds is 7. The van der Waals surface area contributed by atoms with Crippen molar-refractivity contribution in [3.05, 3.63) is 84.2 Å². The first-order chi connectivity index (χ1) is 23.4. The van der Waals surface area contributed by atoms with Crippen molar-refractivity contribution in [3.8, 4) is 23.0 Å². The molecule has 7 rings (SSSR count). The van der Waals surface area contributed by atoms with Gasteiger partial charge >= 0.3 is 5.69 Å². The Morgan fingerprint density at radius 2 is 1.71 bits per heavy atom. The Balaban J connectivity index is 1.33. The van der Waals surface area contributed by atoms with E-state index in [1.807, 2.05) is 0 Å². The smallest absolute Gasteiger partial charge is 0.332 e. The van der Waals surface area contributed by atoms with Gasteiger partial charge in [0.05, 0.1) is 26.3 Å². The number of anilines is 1. The van der Waals surface area contributed by atoms with Crippen LogP contribution in [0.3, 0.4) is 0 Å². The molecule has 0 bridgehead atoms. The van der Waals surface area contributed by atoms with Crippen LogP contribution in [0.25, 0.3) is 0 Å². The minimum absolute atomic E-state index is 0.0109.